The number of esters is 4. The Morgan fingerprint density at radius 1 is 0.917 bits per heavy atom. The molecule has 9 heteroatoms. The van der Waals surface area contributed by atoms with Gasteiger partial charge in [0.25, 0.3) is 0 Å². The van der Waals surface area contributed by atoms with E-state index in [0.717, 1.165) is 12.8 Å². The molecule has 1 unspecified atom stereocenters. The quantitative estimate of drug-likeness (QED) is 0.273. The van der Waals surface area contributed by atoms with E-state index in [1.807, 2.05) is 13.8 Å². The van der Waals surface area contributed by atoms with Gasteiger partial charge in [0.05, 0.1) is 13.0 Å². The molecule has 1 rings (SSSR count). The molecule has 202 valence electrons. The molecule has 0 aliphatic rings. The smallest absolute Gasteiger partial charge is 0.326 e. The third kappa shape index (κ3) is 10.4. The Kier molecular flexibility index (Phi) is 13.2. The number of benzene rings is 1. The number of hydrogen-bond acceptors (Lipinski definition) is 9. The minimum Gasteiger partial charge on any atom is -0.468 e. The van der Waals surface area contributed by atoms with Crippen molar-refractivity contribution in [3.05, 3.63) is 23.8 Å². The van der Waals surface area contributed by atoms with E-state index in [9.17, 15) is 19.2 Å². The molecule has 36 heavy (non-hydrogen) atoms. The van der Waals surface area contributed by atoms with Crippen molar-refractivity contribution >= 4 is 23.9 Å². The number of rotatable bonds is 15. The second-order valence-electron chi connectivity index (χ2n) is 9.37. The molecule has 0 bridgehead atoms. The van der Waals surface area contributed by atoms with Crippen LogP contribution in [0.4, 0.5) is 0 Å². The second-order valence-corrected chi connectivity index (χ2v) is 9.37. The molecule has 2 N–H and O–H groups in total. The number of hydrogen-bond donors (Lipinski definition) is 1. The molecule has 1 aromatic rings. The van der Waals surface area contributed by atoms with Crippen molar-refractivity contribution in [3.8, 4) is 11.5 Å². The van der Waals surface area contributed by atoms with Gasteiger partial charge in [0, 0.05) is 25.7 Å². The van der Waals surface area contributed by atoms with Crippen LogP contribution in [-0.4, -0.2) is 42.6 Å². The van der Waals surface area contributed by atoms with Gasteiger partial charge in [-0.2, -0.15) is 0 Å². The van der Waals surface area contributed by atoms with Crippen LogP contribution in [-0.2, 0) is 35.1 Å². The lowest BCUT2D eigenvalue weighted by molar-refractivity contribution is -0.157. The van der Waals surface area contributed by atoms with E-state index >= 15 is 0 Å². The van der Waals surface area contributed by atoms with E-state index in [1.165, 1.54) is 19.2 Å². The Morgan fingerprint density at radius 2 is 1.47 bits per heavy atom. The molecule has 9 nitrogen and oxygen atoms in total. The third-order valence-electron chi connectivity index (χ3n) is 5.48. The Balaban J connectivity index is 3.22. The standard InChI is InChI=1S/C27H41NO8/c1-7-9-11-23(29)35-21-14-13-20(15-22(21)36-24(30)12-10-8-2)17-27(28,26(32)33-6)16-19(5)34-25(31)18(3)4/h13-15,18-19H,7-12,16-17,28H2,1-6H3/t19-,27?/m0/s1. The lowest BCUT2D eigenvalue weighted by Crippen LogP contribution is -2.53. The minimum absolute atomic E-state index is 0.00676. The van der Waals surface area contributed by atoms with E-state index in [0.29, 0.717) is 18.4 Å². The van der Waals surface area contributed by atoms with Gasteiger partial charge in [0.15, 0.2) is 11.5 Å². The van der Waals surface area contributed by atoms with Gasteiger partial charge in [0.1, 0.15) is 11.6 Å². The molecule has 0 aliphatic carbocycles. The molecule has 0 heterocycles. The highest BCUT2D eigenvalue weighted by Crippen LogP contribution is 2.32. The first-order valence-electron chi connectivity index (χ1n) is 12.6. The summed E-state index contributed by atoms with van der Waals surface area (Å²) in [6.07, 6.45) is 2.82. The number of carbonyl (C=O) groups is 4. The van der Waals surface area contributed by atoms with Crippen LogP contribution in [0.5, 0.6) is 11.5 Å². The van der Waals surface area contributed by atoms with E-state index in [4.69, 9.17) is 24.7 Å². The first-order chi connectivity index (χ1) is 16.9. The average molecular weight is 508 g/mol. The Bertz CT molecular complexity index is 898. The summed E-state index contributed by atoms with van der Waals surface area (Å²) in [5.74, 6) is -2.10. The first kappa shape index (κ1) is 31.1. The van der Waals surface area contributed by atoms with Crippen molar-refractivity contribution < 1.29 is 38.1 Å². The molecular weight excluding hydrogens is 466 g/mol. The molecule has 1 aromatic carbocycles. The summed E-state index contributed by atoms with van der Waals surface area (Å²) in [6, 6.07) is 4.68. The largest absolute Gasteiger partial charge is 0.468 e. The van der Waals surface area contributed by atoms with Crippen molar-refractivity contribution in [1.82, 2.24) is 0 Å². The summed E-state index contributed by atoms with van der Waals surface area (Å²) in [7, 11) is 1.23. The Hall–Kier alpha value is -2.94. The van der Waals surface area contributed by atoms with Gasteiger partial charge in [0.2, 0.25) is 0 Å². The third-order valence-corrected chi connectivity index (χ3v) is 5.48. The Labute approximate surface area is 214 Å². The molecule has 0 saturated heterocycles. The zero-order valence-electron chi connectivity index (χ0n) is 22.4. The maximum absolute atomic E-state index is 12.6. The molecule has 0 aliphatic heterocycles. The van der Waals surface area contributed by atoms with Crippen LogP contribution in [0.25, 0.3) is 0 Å². The zero-order valence-corrected chi connectivity index (χ0v) is 22.4. The van der Waals surface area contributed by atoms with Crippen molar-refractivity contribution in [2.75, 3.05) is 7.11 Å². The van der Waals surface area contributed by atoms with E-state index in [-0.39, 0.29) is 43.1 Å². The molecular formula is C27H41NO8. The van der Waals surface area contributed by atoms with Crippen LogP contribution in [0.15, 0.2) is 18.2 Å². The van der Waals surface area contributed by atoms with Gasteiger partial charge in [-0.3, -0.25) is 19.2 Å². The fraction of sp³-hybridized carbons (Fsp3) is 0.630. The molecule has 0 aromatic heterocycles. The monoisotopic (exact) mass is 507 g/mol. The van der Waals surface area contributed by atoms with E-state index in [2.05, 4.69) is 0 Å². The predicted molar refractivity (Wildman–Crippen MR) is 134 cm³/mol. The van der Waals surface area contributed by atoms with Crippen LogP contribution in [0.3, 0.4) is 0 Å². The van der Waals surface area contributed by atoms with Crippen LogP contribution in [0, 0.1) is 5.92 Å². The SMILES string of the molecule is CCCCC(=O)Oc1ccc(CC(N)(C[C@H](C)OC(=O)C(C)C)C(=O)OC)cc1OC(=O)CCCC. The van der Waals surface area contributed by atoms with Crippen LogP contribution >= 0.6 is 0 Å². The maximum atomic E-state index is 12.6. The predicted octanol–water partition coefficient (Wildman–Crippen LogP) is 4.27. The first-order valence-corrected chi connectivity index (χ1v) is 12.6. The molecule has 0 amide bonds. The summed E-state index contributed by atoms with van der Waals surface area (Å²) < 4.78 is 21.3. The van der Waals surface area contributed by atoms with Crippen LogP contribution < -0.4 is 15.2 Å². The van der Waals surface area contributed by atoms with Crippen molar-refractivity contribution in [2.45, 2.75) is 97.6 Å². The lowest BCUT2D eigenvalue weighted by Gasteiger charge is -2.29. The average Bonchev–Trinajstić information content (AvgIpc) is 2.82. The van der Waals surface area contributed by atoms with Crippen molar-refractivity contribution in [1.29, 1.82) is 0 Å². The molecule has 0 fully saturated rings. The minimum atomic E-state index is -1.52. The van der Waals surface area contributed by atoms with E-state index < -0.39 is 35.5 Å². The lowest BCUT2D eigenvalue weighted by atomic mass is 9.86. The molecule has 0 saturated carbocycles. The number of methoxy groups -OCH3 is 1. The summed E-state index contributed by atoms with van der Waals surface area (Å²) in [5, 5.41) is 0. The number of carbonyl (C=O) groups excluding carboxylic acids is 4. The highest BCUT2D eigenvalue weighted by Gasteiger charge is 2.38. The van der Waals surface area contributed by atoms with Gasteiger partial charge >= 0.3 is 23.9 Å². The number of unbranched alkanes of at least 4 members (excludes halogenated alkanes) is 2. The summed E-state index contributed by atoms with van der Waals surface area (Å²) in [6.45, 7) is 9.01. The number of nitrogens with two attached hydrogens (primary N) is 1. The second kappa shape index (κ2) is 15.2. The van der Waals surface area contributed by atoms with Gasteiger partial charge in [-0.1, -0.05) is 46.6 Å². The van der Waals surface area contributed by atoms with Crippen LogP contribution in [0.2, 0.25) is 0 Å². The Morgan fingerprint density at radius 3 is 1.97 bits per heavy atom. The van der Waals surface area contributed by atoms with Gasteiger partial charge < -0.3 is 24.7 Å². The molecule has 0 spiro atoms. The highest BCUT2D eigenvalue weighted by molar-refractivity contribution is 5.81. The normalized spacial score (nSPS) is 13.4. The number of ether oxygens (including phenoxy) is 4. The topological polar surface area (TPSA) is 131 Å². The van der Waals surface area contributed by atoms with Crippen LogP contribution in [0.1, 0.15) is 85.1 Å². The fourth-order valence-electron chi connectivity index (χ4n) is 3.50. The summed E-state index contributed by atoms with van der Waals surface area (Å²) >= 11 is 0. The van der Waals surface area contributed by atoms with Crippen molar-refractivity contribution in [3.63, 3.8) is 0 Å². The highest BCUT2D eigenvalue weighted by atomic mass is 16.6. The van der Waals surface area contributed by atoms with Gasteiger partial charge in [-0.05, 0) is 37.5 Å². The molecule has 0 radical (unpaired) electrons. The van der Waals surface area contributed by atoms with E-state index in [1.54, 1.807) is 26.8 Å². The van der Waals surface area contributed by atoms with Gasteiger partial charge in [-0.25, -0.2) is 0 Å². The van der Waals surface area contributed by atoms with Gasteiger partial charge in [-0.15, -0.1) is 0 Å². The maximum Gasteiger partial charge on any atom is 0.326 e. The summed E-state index contributed by atoms with van der Waals surface area (Å²) in [4.78, 5) is 49.1. The van der Waals surface area contributed by atoms with Crippen molar-refractivity contribution in [2.24, 2.45) is 11.7 Å². The summed E-state index contributed by atoms with van der Waals surface area (Å²) in [5.41, 5.74) is 5.50. The molecule has 2 atom stereocenters. The zero-order chi connectivity index (χ0) is 27.3. The fourth-order valence-corrected chi connectivity index (χ4v) is 3.50.